The molecule has 0 spiro atoms. The number of carbonyl (C=O) groups is 2. The number of rotatable bonds is 8. The molecule has 2 aromatic rings. The van der Waals surface area contributed by atoms with E-state index in [4.69, 9.17) is 0 Å². The van der Waals surface area contributed by atoms with Crippen LogP contribution in [0.4, 0.5) is 0 Å². The Morgan fingerprint density at radius 1 is 0.967 bits per heavy atom. The maximum absolute atomic E-state index is 12.9. The Kier molecular flexibility index (Phi) is 8.34. The summed E-state index contributed by atoms with van der Waals surface area (Å²) in [5, 5.41) is 3.09. The molecule has 6 heteroatoms. The van der Waals surface area contributed by atoms with Gasteiger partial charge in [-0.25, -0.2) is 0 Å². The first-order chi connectivity index (χ1) is 14.5. The predicted octanol–water partition coefficient (Wildman–Crippen LogP) is 2.37. The van der Waals surface area contributed by atoms with Gasteiger partial charge in [0.15, 0.2) is 0 Å². The minimum atomic E-state index is -0.101. The molecular formula is C24H32N3O2S+. The van der Waals surface area contributed by atoms with Crippen molar-refractivity contribution in [2.24, 2.45) is 0 Å². The van der Waals surface area contributed by atoms with Crippen LogP contribution in [-0.2, 0) is 17.9 Å². The zero-order valence-corrected chi connectivity index (χ0v) is 18.8. The van der Waals surface area contributed by atoms with Crippen molar-refractivity contribution in [3.63, 3.8) is 0 Å². The van der Waals surface area contributed by atoms with Crippen LogP contribution in [-0.4, -0.2) is 49.7 Å². The standard InChI is InChI=1S/C24H31N3O2S/c1-26(2)23(28)18-30-22-13-7-6-12-21(22)24(29)25-16-19-10-4-5-11-20(19)17-27-14-8-3-9-15-27/h4-7,10-13H,3,8-9,14-18H2,1-2H3,(H,25,29)/p+1. The maximum atomic E-state index is 12.9. The van der Waals surface area contributed by atoms with Gasteiger partial charge < -0.3 is 15.1 Å². The molecule has 2 amide bonds. The average Bonchev–Trinajstić information content (AvgIpc) is 2.77. The highest BCUT2D eigenvalue weighted by Crippen LogP contribution is 2.23. The molecule has 2 aromatic carbocycles. The second-order valence-electron chi connectivity index (χ2n) is 8.01. The van der Waals surface area contributed by atoms with Gasteiger partial charge >= 0.3 is 0 Å². The molecule has 3 rings (SSSR count). The second-order valence-corrected chi connectivity index (χ2v) is 9.03. The summed E-state index contributed by atoms with van der Waals surface area (Å²) in [6.07, 6.45) is 3.96. The Hall–Kier alpha value is -2.31. The quantitative estimate of drug-likeness (QED) is 0.637. The van der Waals surface area contributed by atoms with Crippen molar-refractivity contribution in [1.82, 2.24) is 10.2 Å². The number of nitrogens with one attached hydrogen (secondary N) is 2. The van der Waals surface area contributed by atoms with Crippen molar-refractivity contribution in [2.45, 2.75) is 37.2 Å². The highest BCUT2D eigenvalue weighted by atomic mass is 32.2. The summed E-state index contributed by atoms with van der Waals surface area (Å²) in [5.74, 6) is 0.249. The van der Waals surface area contributed by atoms with Gasteiger partial charge in [0.25, 0.3) is 5.91 Å². The lowest BCUT2D eigenvalue weighted by atomic mass is 10.0. The van der Waals surface area contributed by atoms with Gasteiger partial charge in [0, 0.05) is 31.1 Å². The van der Waals surface area contributed by atoms with Crippen molar-refractivity contribution in [2.75, 3.05) is 32.9 Å². The molecule has 1 fully saturated rings. The van der Waals surface area contributed by atoms with Crippen molar-refractivity contribution in [1.29, 1.82) is 0 Å². The molecule has 0 aliphatic carbocycles. The molecule has 5 nitrogen and oxygen atoms in total. The van der Waals surface area contributed by atoms with Gasteiger partial charge in [0.2, 0.25) is 5.91 Å². The molecule has 160 valence electrons. The zero-order valence-electron chi connectivity index (χ0n) is 17.9. The third-order valence-corrected chi connectivity index (χ3v) is 6.60. The molecule has 0 saturated carbocycles. The van der Waals surface area contributed by atoms with Crippen LogP contribution in [0.3, 0.4) is 0 Å². The van der Waals surface area contributed by atoms with E-state index in [0.29, 0.717) is 17.9 Å². The van der Waals surface area contributed by atoms with Gasteiger partial charge in [-0.15, -0.1) is 11.8 Å². The van der Waals surface area contributed by atoms with Crippen molar-refractivity contribution < 1.29 is 14.5 Å². The number of amides is 2. The van der Waals surface area contributed by atoms with Crippen LogP contribution in [0.2, 0.25) is 0 Å². The monoisotopic (exact) mass is 426 g/mol. The van der Waals surface area contributed by atoms with E-state index < -0.39 is 0 Å². The Morgan fingerprint density at radius 3 is 2.37 bits per heavy atom. The number of quaternary nitrogens is 1. The molecule has 1 heterocycles. The molecule has 0 aromatic heterocycles. The molecular weight excluding hydrogens is 394 g/mol. The molecule has 0 unspecified atom stereocenters. The number of hydrogen-bond donors (Lipinski definition) is 2. The van der Waals surface area contributed by atoms with E-state index in [1.54, 1.807) is 23.9 Å². The van der Waals surface area contributed by atoms with E-state index in [1.165, 1.54) is 55.2 Å². The molecule has 0 radical (unpaired) electrons. The summed E-state index contributed by atoms with van der Waals surface area (Å²) < 4.78 is 0. The largest absolute Gasteiger partial charge is 0.348 e. The number of likely N-dealkylation sites (tertiary alicyclic amines) is 1. The number of nitrogens with zero attached hydrogens (tertiary/aromatic N) is 1. The van der Waals surface area contributed by atoms with Crippen LogP contribution in [0.5, 0.6) is 0 Å². The first-order valence-electron chi connectivity index (χ1n) is 10.6. The van der Waals surface area contributed by atoms with Gasteiger partial charge in [-0.2, -0.15) is 0 Å². The van der Waals surface area contributed by atoms with Crippen molar-refractivity contribution in [3.05, 3.63) is 65.2 Å². The van der Waals surface area contributed by atoms with Crippen LogP contribution in [0.1, 0.15) is 40.7 Å². The maximum Gasteiger partial charge on any atom is 0.252 e. The SMILES string of the molecule is CN(C)C(=O)CSc1ccccc1C(=O)NCc1ccccc1C[NH+]1CCCCC1. The number of benzene rings is 2. The lowest BCUT2D eigenvalue weighted by molar-refractivity contribution is -0.918. The number of carbonyl (C=O) groups excluding carboxylic acids is 2. The Labute approximate surface area is 183 Å². The highest BCUT2D eigenvalue weighted by Gasteiger charge is 2.17. The molecule has 2 N–H and O–H groups in total. The van der Waals surface area contributed by atoms with Crippen LogP contribution in [0, 0.1) is 0 Å². The fraction of sp³-hybridized carbons (Fsp3) is 0.417. The minimum absolute atomic E-state index is 0.0318. The summed E-state index contributed by atoms with van der Waals surface area (Å²) in [7, 11) is 3.48. The van der Waals surface area contributed by atoms with Crippen LogP contribution >= 0.6 is 11.8 Å². The number of piperidine rings is 1. The zero-order chi connectivity index (χ0) is 21.3. The van der Waals surface area contributed by atoms with Crippen molar-refractivity contribution in [3.8, 4) is 0 Å². The first kappa shape index (κ1) is 22.4. The topological polar surface area (TPSA) is 53.9 Å². The molecule has 1 aliphatic rings. The fourth-order valence-corrected chi connectivity index (χ4v) is 4.75. The van der Waals surface area contributed by atoms with Crippen molar-refractivity contribution >= 4 is 23.6 Å². The van der Waals surface area contributed by atoms with Gasteiger partial charge in [0.1, 0.15) is 6.54 Å². The van der Waals surface area contributed by atoms with Crippen LogP contribution in [0.25, 0.3) is 0 Å². The fourth-order valence-electron chi connectivity index (χ4n) is 3.72. The molecule has 0 bridgehead atoms. The molecule has 30 heavy (non-hydrogen) atoms. The minimum Gasteiger partial charge on any atom is -0.348 e. The van der Waals surface area contributed by atoms with Crippen LogP contribution in [0.15, 0.2) is 53.4 Å². The normalized spacial score (nSPS) is 14.3. The van der Waals surface area contributed by atoms with E-state index in [0.717, 1.165) is 11.4 Å². The van der Waals surface area contributed by atoms with Crippen LogP contribution < -0.4 is 10.2 Å². The molecule has 1 aliphatic heterocycles. The summed E-state index contributed by atoms with van der Waals surface area (Å²) in [6, 6.07) is 15.9. The number of hydrogen-bond acceptors (Lipinski definition) is 3. The average molecular weight is 427 g/mol. The van der Waals surface area contributed by atoms with Gasteiger partial charge in [-0.05, 0) is 37.0 Å². The van der Waals surface area contributed by atoms with E-state index in [9.17, 15) is 9.59 Å². The Balaban J connectivity index is 1.63. The lowest BCUT2D eigenvalue weighted by Gasteiger charge is -2.24. The molecule has 1 saturated heterocycles. The third-order valence-electron chi connectivity index (χ3n) is 5.54. The lowest BCUT2D eigenvalue weighted by Crippen LogP contribution is -3.11. The summed E-state index contributed by atoms with van der Waals surface area (Å²) >= 11 is 1.40. The summed E-state index contributed by atoms with van der Waals surface area (Å²) in [5.41, 5.74) is 3.11. The first-order valence-corrected chi connectivity index (χ1v) is 11.6. The predicted molar refractivity (Wildman–Crippen MR) is 122 cm³/mol. The smallest absolute Gasteiger partial charge is 0.252 e. The third kappa shape index (κ3) is 6.34. The number of thioether (sulfide) groups is 1. The summed E-state index contributed by atoms with van der Waals surface area (Å²) in [4.78, 5) is 28.8. The van der Waals surface area contributed by atoms with E-state index in [2.05, 4.69) is 23.5 Å². The van der Waals surface area contributed by atoms with Gasteiger partial charge in [-0.3, -0.25) is 9.59 Å². The van der Waals surface area contributed by atoms with Gasteiger partial charge in [0.05, 0.1) is 24.4 Å². The Bertz CT molecular complexity index is 863. The van der Waals surface area contributed by atoms with E-state index in [-0.39, 0.29) is 11.8 Å². The molecule has 0 atom stereocenters. The van der Waals surface area contributed by atoms with Gasteiger partial charge in [-0.1, -0.05) is 36.4 Å². The second kappa shape index (κ2) is 11.2. The van der Waals surface area contributed by atoms with E-state index >= 15 is 0 Å². The highest BCUT2D eigenvalue weighted by molar-refractivity contribution is 8.00. The summed E-state index contributed by atoms with van der Waals surface area (Å²) in [6.45, 7) is 4.00. The van der Waals surface area contributed by atoms with E-state index in [1.807, 2.05) is 30.3 Å². The Morgan fingerprint density at radius 2 is 1.63 bits per heavy atom.